The van der Waals surface area contributed by atoms with Crippen molar-refractivity contribution in [2.75, 3.05) is 7.11 Å². The number of Topliss-reactive ketones (excluding diaryl/α,β-unsaturated/α-hetero) is 2. The molecule has 0 saturated carbocycles. The van der Waals surface area contributed by atoms with Gasteiger partial charge >= 0.3 is 0 Å². The molecule has 160 valence electrons. The number of hydrogen-bond acceptors (Lipinski definition) is 5. The van der Waals surface area contributed by atoms with E-state index >= 15 is 0 Å². The van der Waals surface area contributed by atoms with Crippen LogP contribution in [0.4, 0.5) is 0 Å². The van der Waals surface area contributed by atoms with Crippen LogP contribution in [0.3, 0.4) is 0 Å². The Labute approximate surface area is 186 Å². The van der Waals surface area contributed by atoms with Gasteiger partial charge in [-0.2, -0.15) is 0 Å². The van der Waals surface area contributed by atoms with E-state index in [1.807, 2.05) is 0 Å². The topological polar surface area (TPSA) is 87.4 Å². The predicted molar refractivity (Wildman–Crippen MR) is 122 cm³/mol. The first-order chi connectivity index (χ1) is 16.0. The number of ketones is 2. The van der Waals surface area contributed by atoms with Crippen LogP contribution >= 0.6 is 0 Å². The highest BCUT2D eigenvalue weighted by Crippen LogP contribution is 2.41. The van der Waals surface area contributed by atoms with Crippen molar-refractivity contribution in [3.8, 4) is 5.75 Å². The second-order valence-electron chi connectivity index (χ2n) is 7.95. The number of carbonyl (C=O) groups excluding carboxylic acids is 2. The van der Waals surface area contributed by atoms with Crippen LogP contribution in [0.2, 0.25) is 0 Å². The van der Waals surface area contributed by atoms with Gasteiger partial charge in [0.25, 0.3) is 11.1 Å². The van der Waals surface area contributed by atoms with Crippen molar-refractivity contribution in [1.82, 2.24) is 9.36 Å². The maximum absolute atomic E-state index is 13.7. The van der Waals surface area contributed by atoms with Gasteiger partial charge in [0.2, 0.25) is 5.78 Å². The molecule has 33 heavy (non-hydrogen) atoms. The van der Waals surface area contributed by atoms with Crippen LogP contribution in [0, 0.1) is 0 Å². The van der Waals surface area contributed by atoms with Crippen LogP contribution in [-0.2, 0) is 0 Å². The summed E-state index contributed by atoms with van der Waals surface area (Å²) in [6, 6.07) is 18.9. The summed E-state index contributed by atoms with van der Waals surface area (Å²) in [5, 5.41) is 0.426. The number of allylic oxidation sites excluding steroid dienone is 2. The van der Waals surface area contributed by atoms with E-state index < -0.39 is 22.9 Å². The van der Waals surface area contributed by atoms with Crippen LogP contribution < -0.4 is 15.9 Å². The normalized spacial score (nSPS) is 16.6. The van der Waals surface area contributed by atoms with Gasteiger partial charge in [-0.3, -0.25) is 19.2 Å². The Hall–Kier alpha value is -4.52. The van der Waals surface area contributed by atoms with E-state index in [2.05, 4.69) is 0 Å². The zero-order valence-electron chi connectivity index (χ0n) is 17.4. The number of fused-ring (bicyclic) bond motifs is 4. The SMILES string of the molecule is COc1ccc(C2C3=C(C(=O)c4ccccc4C3=O)n3c(=O)c4ccccc4c(=O)n32)cc1. The lowest BCUT2D eigenvalue weighted by molar-refractivity contribution is 0.0987. The van der Waals surface area contributed by atoms with Gasteiger partial charge < -0.3 is 4.74 Å². The predicted octanol–water partition coefficient (Wildman–Crippen LogP) is 3.07. The lowest BCUT2D eigenvalue weighted by Crippen LogP contribution is -2.38. The molecule has 3 aromatic carbocycles. The quantitative estimate of drug-likeness (QED) is 0.482. The third kappa shape index (κ3) is 2.44. The van der Waals surface area contributed by atoms with Gasteiger partial charge in [-0.05, 0) is 29.8 Å². The van der Waals surface area contributed by atoms with Crippen molar-refractivity contribution < 1.29 is 14.3 Å². The standard InChI is InChI=1S/C26H16N2O5/c1-33-15-12-10-14(11-13-15)21-20-22(24(30)17-7-3-2-6-16(17)23(20)29)28-26(32)19-9-5-4-8-18(19)25(31)27(21)28/h2-13,21H,1H3. The Bertz CT molecular complexity index is 1670. The Morgan fingerprint density at radius 1 is 0.697 bits per heavy atom. The summed E-state index contributed by atoms with van der Waals surface area (Å²) < 4.78 is 7.56. The molecule has 1 unspecified atom stereocenters. The molecule has 0 spiro atoms. The Kier molecular flexibility index (Phi) is 3.92. The number of carbonyl (C=O) groups is 2. The molecule has 0 fully saturated rings. The monoisotopic (exact) mass is 436 g/mol. The van der Waals surface area contributed by atoms with Crippen LogP contribution in [-0.4, -0.2) is 28.0 Å². The average Bonchev–Trinajstić information content (AvgIpc) is 3.23. The zero-order valence-corrected chi connectivity index (χ0v) is 17.4. The highest BCUT2D eigenvalue weighted by molar-refractivity contribution is 6.38. The van der Waals surface area contributed by atoms with E-state index in [-0.39, 0.29) is 39.0 Å². The third-order valence-electron chi connectivity index (χ3n) is 6.30. The number of hydrogen-bond donors (Lipinski definition) is 0. The molecular weight excluding hydrogens is 420 g/mol. The van der Waals surface area contributed by atoms with Gasteiger partial charge in [0, 0.05) is 11.1 Å². The number of aromatic nitrogens is 2. The minimum absolute atomic E-state index is 0.0626. The summed E-state index contributed by atoms with van der Waals surface area (Å²) in [7, 11) is 1.54. The number of methoxy groups -OCH3 is 1. The molecule has 2 heterocycles. The molecule has 6 rings (SSSR count). The second-order valence-corrected chi connectivity index (χ2v) is 7.95. The van der Waals surface area contributed by atoms with E-state index in [0.717, 1.165) is 4.68 Å². The van der Waals surface area contributed by atoms with Crippen LogP contribution in [0.5, 0.6) is 5.75 Å². The first-order valence-corrected chi connectivity index (χ1v) is 10.4. The lowest BCUT2D eigenvalue weighted by atomic mass is 9.83. The average molecular weight is 436 g/mol. The van der Waals surface area contributed by atoms with Crippen LogP contribution in [0.1, 0.15) is 32.3 Å². The smallest absolute Gasteiger partial charge is 0.278 e. The minimum Gasteiger partial charge on any atom is -0.497 e. The van der Waals surface area contributed by atoms with E-state index in [9.17, 15) is 19.2 Å². The molecule has 1 aliphatic heterocycles. The zero-order chi connectivity index (χ0) is 22.9. The molecule has 1 aromatic heterocycles. The van der Waals surface area contributed by atoms with Crippen LogP contribution in [0.25, 0.3) is 16.5 Å². The fourth-order valence-corrected chi connectivity index (χ4v) is 4.79. The molecule has 4 aromatic rings. The van der Waals surface area contributed by atoms with Gasteiger partial charge in [0.15, 0.2) is 5.78 Å². The van der Waals surface area contributed by atoms with Crippen molar-refractivity contribution in [3.63, 3.8) is 0 Å². The molecule has 7 nitrogen and oxygen atoms in total. The van der Waals surface area contributed by atoms with E-state index in [1.54, 1.807) is 72.8 Å². The first kappa shape index (κ1) is 19.2. The molecular formula is C26H16N2O5. The Morgan fingerprint density at radius 2 is 1.27 bits per heavy atom. The summed E-state index contributed by atoms with van der Waals surface area (Å²) in [4.78, 5) is 54.4. The third-order valence-corrected chi connectivity index (χ3v) is 6.30. The number of benzene rings is 3. The van der Waals surface area contributed by atoms with Crippen molar-refractivity contribution in [2.45, 2.75) is 6.04 Å². The highest BCUT2D eigenvalue weighted by atomic mass is 16.5. The molecule has 0 bridgehead atoms. The fourth-order valence-electron chi connectivity index (χ4n) is 4.79. The molecule has 1 atom stereocenters. The van der Waals surface area contributed by atoms with E-state index in [4.69, 9.17) is 4.74 Å². The molecule has 7 heteroatoms. The van der Waals surface area contributed by atoms with Gasteiger partial charge in [-0.25, -0.2) is 9.36 Å². The fraction of sp³-hybridized carbons (Fsp3) is 0.0769. The molecule has 0 saturated heterocycles. The second kappa shape index (κ2) is 6.74. The highest BCUT2D eigenvalue weighted by Gasteiger charge is 2.45. The van der Waals surface area contributed by atoms with Gasteiger partial charge in [-0.1, -0.05) is 48.5 Å². The number of ether oxygens (including phenoxy) is 1. The van der Waals surface area contributed by atoms with Crippen molar-refractivity contribution in [2.24, 2.45) is 0 Å². The summed E-state index contributed by atoms with van der Waals surface area (Å²) in [5.74, 6) is -0.229. The van der Waals surface area contributed by atoms with Gasteiger partial charge in [-0.15, -0.1) is 0 Å². The summed E-state index contributed by atoms with van der Waals surface area (Å²) in [5.41, 5.74) is 0.158. The van der Waals surface area contributed by atoms with E-state index in [1.165, 1.54) is 11.8 Å². The number of rotatable bonds is 2. The van der Waals surface area contributed by atoms with Gasteiger partial charge in [0.1, 0.15) is 17.5 Å². The van der Waals surface area contributed by atoms with E-state index in [0.29, 0.717) is 11.3 Å². The maximum Gasteiger partial charge on any atom is 0.278 e. The van der Waals surface area contributed by atoms with Gasteiger partial charge in [0.05, 0.1) is 23.5 Å². The first-order valence-electron chi connectivity index (χ1n) is 10.4. The molecule has 0 N–H and O–H groups in total. The summed E-state index contributed by atoms with van der Waals surface area (Å²) in [6.45, 7) is 0. The maximum atomic E-state index is 13.7. The minimum atomic E-state index is -0.930. The van der Waals surface area contributed by atoms with Crippen molar-refractivity contribution >= 4 is 28.0 Å². The van der Waals surface area contributed by atoms with Crippen LogP contribution in [0.15, 0.2) is 88.0 Å². The lowest BCUT2D eigenvalue weighted by Gasteiger charge is -2.20. The molecule has 0 radical (unpaired) electrons. The Morgan fingerprint density at radius 3 is 1.91 bits per heavy atom. The van der Waals surface area contributed by atoms with Crippen molar-refractivity contribution in [3.05, 3.63) is 116 Å². The Balaban J connectivity index is 1.76. The molecule has 0 amide bonds. The molecule has 2 aliphatic rings. The largest absolute Gasteiger partial charge is 0.497 e. The summed E-state index contributed by atoms with van der Waals surface area (Å²) >= 11 is 0. The van der Waals surface area contributed by atoms with Crippen molar-refractivity contribution in [1.29, 1.82) is 0 Å². The number of nitrogens with zero attached hydrogens (tertiary/aromatic N) is 2. The molecule has 1 aliphatic carbocycles. The summed E-state index contributed by atoms with van der Waals surface area (Å²) in [6.07, 6.45) is 0.